The Morgan fingerprint density at radius 1 is 1.36 bits per heavy atom. The lowest BCUT2D eigenvalue weighted by molar-refractivity contribution is 0.0598. The minimum absolute atomic E-state index is 0.0833. The van der Waals surface area contributed by atoms with Crippen molar-refractivity contribution >= 4 is 17.2 Å². The number of aryl methyl sites for hydroxylation is 3. The van der Waals surface area contributed by atoms with Crippen molar-refractivity contribution in [1.29, 1.82) is 0 Å². The average Bonchev–Trinajstić information content (AvgIpc) is 3.12. The second kappa shape index (κ2) is 6.20. The maximum absolute atomic E-state index is 13.0. The molecule has 118 valence electrons. The molecule has 5 nitrogen and oxygen atoms in total. The first-order valence-electron chi connectivity index (χ1n) is 7.87. The van der Waals surface area contributed by atoms with Crippen molar-refractivity contribution in [3.05, 3.63) is 33.5 Å². The van der Waals surface area contributed by atoms with Gasteiger partial charge in [0.05, 0.1) is 11.7 Å². The van der Waals surface area contributed by atoms with E-state index in [1.54, 1.807) is 16.0 Å². The molecule has 0 N–H and O–H groups in total. The SMILES string of the molecule is CCn1nc(C)cc1C(=O)N1CCCC[C@@H]1c1nc(C)cs1. The Morgan fingerprint density at radius 2 is 2.18 bits per heavy atom. The summed E-state index contributed by atoms with van der Waals surface area (Å²) in [5.41, 5.74) is 2.62. The summed E-state index contributed by atoms with van der Waals surface area (Å²) < 4.78 is 1.80. The van der Waals surface area contributed by atoms with Crippen LogP contribution >= 0.6 is 11.3 Å². The van der Waals surface area contributed by atoms with Gasteiger partial charge in [-0.05, 0) is 46.1 Å². The summed E-state index contributed by atoms with van der Waals surface area (Å²) in [6.45, 7) is 7.46. The van der Waals surface area contributed by atoms with Crippen molar-refractivity contribution in [3.63, 3.8) is 0 Å². The van der Waals surface area contributed by atoms with E-state index in [4.69, 9.17) is 0 Å². The van der Waals surface area contributed by atoms with Gasteiger partial charge in [-0.25, -0.2) is 4.98 Å². The van der Waals surface area contributed by atoms with Crippen LogP contribution in [0.3, 0.4) is 0 Å². The highest BCUT2D eigenvalue weighted by molar-refractivity contribution is 7.09. The fourth-order valence-electron chi connectivity index (χ4n) is 3.06. The van der Waals surface area contributed by atoms with Crippen LogP contribution in [0.15, 0.2) is 11.4 Å². The van der Waals surface area contributed by atoms with Gasteiger partial charge in [-0.1, -0.05) is 0 Å². The predicted molar refractivity (Wildman–Crippen MR) is 87.1 cm³/mol. The molecule has 2 aromatic rings. The van der Waals surface area contributed by atoms with Crippen LogP contribution in [-0.4, -0.2) is 32.1 Å². The average molecular weight is 318 g/mol. The maximum Gasteiger partial charge on any atom is 0.272 e. The highest BCUT2D eigenvalue weighted by Gasteiger charge is 2.32. The van der Waals surface area contributed by atoms with Crippen LogP contribution in [0.2, 0.25) is 0 Å². The molecule has 0 aliphatic carbocycles. The minimum atomic E-state index is 0.0833. The van der Waals surface area contributed by atoms with Gasteiger partial charge in [-0.15, -0.1) is 11.3 Å². The zero-order chi connectivity index (χ0) is 15.7. The van der Waals surface area contributed by atoms with Crippen LogP contribution in [-0.2, 0) is 6.54 Å². The summed E-state index contributed by atoms with van der Waals surface area (Å²) in [5.74, 6) is 0.0833. The molecule has 1 saturated heterocycles. The fourth-order valence-corrected chi connectivity index (χ4v) is 4.01. The van der Waals surface area contributed by atoms with E-state index in [2.05, 4.69) is 15.5 Å². The molecule has 3 rings (SSSR count). The molecule has 1 atom stereocenters. The normalized spacial score (nSPS) is 18.7. The maximum atomic E-state index is 13.0. The monoisotopic (exact) mass is 318 g/mol. The number of likely N-dealkylation sites (tertiary alicyclic amines) is 1. The zero-order valence-corrected chi connectivity index (χ0v) is 14.2. The lowest BCUT2D eigenvalue weighted by Gasteiger charge is -2.34. The van der Waals surface area contributed by atoms with Gasteiger partial charge in [-0.2, -0.15) is 5.10 Å². The van der Waals surface area contributed by atoms with E-state index in [0.29, 0.717) is 12.2 Å². The first-order chi connectivity index (χ1) is 10.6. The molecule has 6 heteroatoms. The number of nitrogens with zero attached hydrogens (tertiary/aromatic N) is 4. The van der Waals surface area contributed by atoms with Crippen LogP contribution < -0.4 is 0 Å². The third-order valence-electron chi connectivity index (χ3n) is 4.11. The molecule has 0 aromatic carbocycles. The largest absolute Gasteiger partial charge is 0.328 e. The van der Waals surface area contributed by atoms with Gasteiger partial charge in [0, 0.05) is 24.2 Å². The number of carbonyl (C=O) groups is 1. The first-order valence-corrected chi connectivity index (χ1v) is 8.75. The summed E-state index contributed by atoms with van der Waals surface area (Å²) in [7, 11) is 0. The molecule has 0 unspecified atom stereocenters. The van der Waals surface area contributed by atoms with Gasteiger partial charge >= 0.3 is 0 Å². The van der Waals surface area contributed by atoms with E-state index in [1.807, 2.05) is 31.7 Å². The van der Waals surface area contributed by atoms with Crippen LogP contribution in [0.1, 0.15) is 59.1 Å². The number of thiazole rings is 1. The van der Waals surface area contributed by atoms with Crippen LogP contribution in [0, 0.1) is 13.8 Å². The zero-order valence-electron chi connectivity index (χ0n) is 13.4. The lowest BCUT2D eigenvalue weighted by atomic mass is 10.0. The van der Waals surface area contributed by atoms with E-state index < -0.39 is 0 Å². The molecule has 1 amide bonds. The minimum Gasteiger partial charge on any atom is -0.328 e. The van der Waals surface area contributed by atoms with Crippen molar-refractivity contribution < 1.29 is 4.79 Å². The van der Waals surface area contributed by atoms with E-state index in [9.17, 15) is 4.79 Å². The molecule has 2 aromatic heterocycles. The smallest absolute Gasteiger partial charge is 0.272 e. The van der Waals surface area contributed by atoms with Crippen LogP contribution in [0.4, 0.5) is 0 Å². The molecular formula is C16H22N4OS. The summed E-state index contributed by atoms with van der Waals surface area (Å²) in [6, 6.07) is 2.00. The number of hydrogen-bond acceptors (Lipinski definition) is 4. The second-order valence-electron chi connectivity index (χ2n) is 5.82. The third-order valence-corrected chi connectivity index (χ3v) is 5.17. The molecular weight excluding hydrogens is 296 g/mol. The molecule has 1 aliphatic heterocycles. The van der Waals surface area contributed by atoms with Crippen molar-refractivity contribution in [3.8, 4) is 0 Å². The van der Waals surface area contributed by atoms with Crippen LogP contribution in [0.5, 0.6) is 0 Å². The number of amides is 1. The van der Waals surface area contributed by atoms with Crippen molar-refractivity contribution in [1.82, 2.24) is 19.7 Å². The Bertz CT molecular complexity index is 675. The van der Waals surface area contributed by atoms with E-state index in [0.717, 1.165) is 42.2 Å². The Labute approximate surface area is 135 Å². The second-order valence-corrected chi connectivity index (χ2v) is 6.71. The molecule has 22 heavy (non-hydrogen) atoms. The number of hydrogen-bond donors (Lipinski definition) is 0. The summed E-state index contributed by atoms with van der Waals surface area (Å²) in [6.07, 6.45) is 3.21. The Hall–Kier alpha value is -1.69. The van der Waals surface area contributed by atoms with E-state index in [-0.39, 0.29) is 11.9 Å². The Kier molecular flexibility index (Phi) is 4.29. The van der Waals surface area contributed by atoms with E-state index in [1.165, 1.54) is 0 Å². The number of aromatic nitrogens is 3. The first kappa shape index (κ1) is 15.2. The van der Waals surface area contributed by atoms with Crippen molar-refractivity contribution in [2.24, 2.45) is 0 Å². The lowest BCUT2D eigenvalue weighted by Crippen LogP contribution is -2.39. The van der Waals surface area contributed by atoms with Gasteiger partial charge < -0.3 is 4.90 Å². The summed E-state index contributed by atoms with van der Waals surface area (Å²) in [5, 5.41) is 7.53. The molecule has 1 fully saturated rings. The van der Waals surface area contributed by atoms with Gasteiger partial charge in [0.1, 0.15) is 10.7 Å². The predicted octanol–water partition coefficient (Wildman–Crippen LogP) is 3.34. The molecule has 0 radical (unpaired) electrons. The van der Waals surface area contributed by atoms with Gasteiger partial charge in [0.15, 0.2) is 0 Å². The quantitative estimate of drug-likeness (QED) is 0.872. The summed E-state index contributed by atoms with van der Waals surface area (Å²) in [4.78, 5) is 19.6. The highest BCUT2D eigenvalue weighted by Crippen LogP contribution is 2.33. The van der Waals surface area contributed by atoms with Crippen molar-refractivity contribution in [2.75, 3.05) is 6.54 Å². The molecule has 0 spiro atoms. The number of rotatable bonds is 3. The van der Waals surface area contributed by atoms with Gasteiger partial charge in [0.2, 0.25) is 0 Å². The molecule has 3 heterocycles. The van der Waals surface area contributed by atoms with Crippen molar-refractivity contribution in [2.45, 2.75) is 52.6 Å². The molecule has 1 aliphatic rings. The van der Waals surface area contributed by atoms with Crippen LogP contribution in [0.25, 0.3) is 0 Å². The summed E-state index contributed by atoms with van der Waals surface area (Å²) >= 11 is 1.66. The molecule has 0 saturated carbocycles. The topological polar surface area (TPSA) is 51.0 Å². The Balaban J connectivity index is 1.91. The highest BCUT2D eigenvalue weighted by atomic mass is 32.1. The Morgan fingerprint density at radius 3 is 2.86 bits per heavy atom. The molecule has 0 bridgehead atoms. The van der Waals surface area contributed by atoms with Gasteiger partial charge in [0.25, 0.3) is 5.91 Å². The number of carbonyl (C=O) groups excluding carboxylic acids is 1. The standard InChI is InChI=1S/C16H22N4OS/c1-4-20-14(9-11(2)18-20)16(21)19-8-6-5-7-13(19)15-17-12(3)10-22-15/h9-10,13H,4-8H2,1-3H3/t13-/m1/s1. The fraction of sp³-hybridized carbons (Fsp3) is 0.562. The van der Waals surface area contributed by atoms with E-state index >= 15 is 0 Å². The van der Waals surface area contributed by atoms with Gasteiger partial charge in [-0.3, -0.25) is 9.48 Å². The number of piperidine rings is 1. The third kappa shape index (κ3) is 2.79.